The number of ether oxygens (including phenoxy) is 1. The van der Waals surface area contributed by atoms with E-state index in [1.807, 2.05) is 0 Å². The lowest BCUT2D eigenvalue weighted by Gasteiger charge is -2.12. The minimum absolute atomic E-state index is 0.711. The van der Waals surface area contributed by atoms with Gasteiger partial charge in [-0.05, 0) is 59.6 Å². The molecule has 1 heterocycles. The van der Waals surface area contributed by atoms with Crippen molar-refractivity contribution in [2.24, 2.45) is 11.8 Å². The van der Waals surface area contributed by atoms with E-state index in [0.717, 1.165) is 42.4 Å². The molecule has 0 aliphatic carbocycles. The van der Waals surface area contributed by atoms with E-state index in [-0.39, 0.29) is 0 Å². The Labute approximate surface area is 214 Å². The van der Waals surface area contributed by atoms with E-state index >= 15 is 0 Å². The van der Waals surface area contributed by atoms with Gasteiger partial charge in [0.05, 0.1) is 12.3 Å². The molecule has 1 aromatic heterocycles. The zero-order valence-corrected chi connectivity index (χ0v) is 22.4. The number of aromatic nitrogens is 1. The van der Waals surface area contributed by atoms with Crippen LogP contribution in [0.5, 0.6) is 5.75 Å². The number of pyridine rings is 1. The average molecular weight is 472 g/mol. The van der Waals surface area contributed by atoms with Crippen molar-refractivity contribution in [2.45, 2.75) is 85.5 Å². The van der Waals surface area contributed by atoms with Crippen molar-refractivity contribution in [2.75, 3.05) is 6.61 Å². The Morgan fingerprint density at radius 1 is 0.686 bits per heavy atom. The maximum Gasteiger partial charge on any atom is 0.119 e. The van der Waals surface area contributed by atoms with Gasteiger partial charge in [0.15, 0.2) is 0 Å². The fourth-order valence-corrected chi connectivity index (χ4v) is 4.57. The number of hydrogen-bond donors (Lipinski definition) is 0. The van der Waals surface area contributed by atoms with Crippen molar-refractivity contribution in [3.05, 3.63) is 72.4 Å². The molecule has 1 atom stereocenters. The Morgan fingerprint density at radius 3 is 1.97 bits per heavy atom. The summed E-state index contributed by atoms with van der Waals surface area (Å²) >= 11 is 0. The fourth-order valence-electron chi connectivity index (χ4n) is 4.57. The molecular weight excluding hydrogens is 426 g/mol. The first-order chi connectivity index (χ1) is 17.0. The van der Waals surface area contributed by atoms with Gasteiger partial charge in [-0.25, -0.2) is 0 Å². The van der Waals surface area contributed by atoms with Gasteiger partial charge in [-0.1, -0.05) is 115 Å². The Morgan fingerprint density at radius 2 is 1.34 bits per heavy atom. The molecule has 0 aliphatic heterocycles. The highest BCUT2D eigenvalue weighted by Crippen LogP contribution is 2.26. The lowest BCUT2D eigenvalue weighted by atomic mass is 9.94. The van der Waals surface area contributed by atoms with Crippen LogP contribution in [0.25, 0.3) is 22.4 Å². The maximum absolute atomic E-state index is 5.91. The molecule has 0 radical (unpaired) electrons. The molecule has 0 spiro atoms. The van der Waals surface area contributed by atoms with Crippen LogP contribution in [0, 0.1) is 11.8 Å². The summed E-state index contributed by atoms with van der Waals surface area (Å²) in [5.41, 5.74) is 5.96. The maximum atomic E-state index is 5.91. The first kappa shape index (κ1) is 27.0. The molecule has 188 valence electrons. The second-order valence-corrected chi connectivity index (χ2v) is 10.6. The van der Waals surface area contributed by atoms with E-state index in [0.29, 0.717) is 5.92 Å². The topological polar surface area (TPSA) is 22.1 Å². The number of unbranched alkanes of at least 4 members (excludes halogenated alkanes) is 4. The van der Waals surface area contributed by atoms with Crippen LogP contribution in [0.4, 0.5) is 0 Å². The number of hydrogen-bond acceptors (Lipinski definition) is 2. The minimum atomic E-state index is 0.711. The number of rotatable bonds is 15. The highest BCUT2D eigenvalue weighted by atomic mass is 16.5. The van der Waals surface area contributed by atoms with E-state index < -0.39 is 0 Å². The van der Waals surface area contributed by atoms with Crippen LogP contribution in [-0.4, -0.2) is 11.6 Å². The van der Waals surface area contributed by atoms with Gasteiger partial charge in [0.1, 0.15) is 5.75 Å². The molecule has 3 aromatic rings. The standard InChI is InChI=1S/C33H45NO/c1-5-6-7-8-9-23-35-32-20-18-30(19-21-32)29-14-16-31(17-15-29)33-22-13-28(25-34-33)24-27(4)12-10-11-26(2)3/h13-22,25-27H,5-12,23-24H2,1-4H3. The van der Waals surface area contributed by atoms with Crippen molar-refractivity contribution in [1.29, 1.82) is 0 Å². The van der Waals surface area contributed by atoms with Gasteiger partial charge in [-0.15, -0.1) is 0 Å². The van der Waals surface area contributed by atoms with E-state index in [1.54, 1.807) is 0 Å². The van der Waals surface area contributed by atoms with Crippen LogP contribution in [0.1, 0.15) is 84.6 Å². The van der Waals surface area contributed by atoms with Crippen molar-refractivity contribution in [1.82, 2.24) is 4.98 Å². The molecule has 0 fully saturated rings. The fraction of sp³-hybridized carbons (Fsp3) is 0.485. The second kappa shape index (κ2) is 14.7. The van der Waals surface area contributed by atoms with Gasteiger partial charge >= 0.3 is 0 Å². The van der Waals surface area contributed by atoms with Crippen LogP contribution in [0.2, 0.25) is 0 Å². The molecule has 0 saturated heterocycles. The third-order valence-electron chi connectivity index (χ3n) is 6.77. The zero-order valence-electron chi connectivity index (χ0n) is 22.4. The molecule has 1 unspecified atom stereocenters. The van der Waals surface area contributed by atoms with Crippen molar-refractivity contribution in [3.8, 4) is 28.1 Å². The van der Waals surface area contributed by atoms with E-state index in [4.69, 9.17) is 9.72 Å². The normalized spacial score (nSPS) is 12.1. The molecule has 2 heteroatoms. The molecule has 0 amide bonds. The molecule has 2 nitrogen and oxygen atoms in total. The molecule has 0 saturated carbocycles. The Kier molecular flexibility index (Phi) is 11.3. The van der Waals surface area contributed by atoms with Gasteiger partial charge < -0.3 is 4.74 Å². The average Bonchev–Trinajstić information content (AvgIpc) is 2.87. The lowest BCUT2D eigenvalue weighted by molar-refractivity contribution is 0.304. The summed E-state index contributed by atoms with van der Waals surface area (Å²) in [6.45, 7) is 10.0. The van der Waals surface area contributed by atoms with Crippen LogP contribution in [-0.2, 0) is 6.42 Å². The summed E-state index contributed by atoms with van der Waals surface area (Å²) < 4.78 is 5.91. The van der Waals surface area contributed by atoms with Crippen LogP contribution < -0.4 is 4.74 Å². The van der Waals surface area contributed by atoms with Crippen molar-refractivity contribution in [3.63, 3.8) is 0 Å². The molecular formula is C33H45NO. The molecule has 2 aromatic carbocycles. The third kappa shape index (κ3) is 9.51. The van der Waals surface area contributed by atoms with Crippen molar-refractivity contribution < 1.29 is 4.74 Å². The minimum Gasteiger partial charge on any atom is -0.494 e. The van der Waals surface area contributed by atoms with Gasteiger partial charge in [0.2, 0.25) is 0 Å². The van der Waals surface area contributed by atoms with E-state index in [1.165, 1.54) is 61.6 Å². The second-order valence-electron chi connectivity index (χ2n) is 10.6. The first-order valence-electron chi connectivity index (χ1n) is 13.8. The van der Waals surface area contributed by atoms with Gasteiger partial charge in [0, 0.05) is 11.8 Å². The molecule has 0 N–H and O–H groups in total. The highest BCUT2D eigenvalue weighted by Gasteiger charge is 2.07. The summed E-state index contributed by atoms with van der Waals surface area (Å²) in [6.07, 6.45) is 13.4. The highest BCUT2D eigenvalue weighted by molar-refractivity contribution is 5.69. The van der Waals surface area contributed by atoms with E-state index in [2.05, 4.69) is 94.6 Å². The Hall–Kier alpha value is -2.61. The third-order valence-corrected chi connectivity index (χ3v) is 6.77. The molecule has 0 aliphatic rings. The van der Waals surface area contributed by atoms with Crippen LogP contribution >= 0.6 is 0 Å². The predicted molar refractivity (Wildman–Crippen MR) is 151 cm³/mol. The molecule has 35 heavy (non-hydrogen) atoms. The summed E-state index contributed by atoms with van der Waals surface area (Å²) in [5, 5.41) is 0. The van der Waals surface area contributed by atoms with Crippen LogP contribution in [0.3, 0.4) is 0 Å². The van der Waals surface area contributed by atoms with Gasteiger partial charge in [0.25, 0.3) is 0 Å². The van der Waals surface area contributed by atoms with E-state index in [9.17, 15) is 0 Å². The summed E-state index contributed by atoms with van der Waals surface area (Å²) in [7, 11) is 0. The monoisotopic (exact) mass is 471 g/mol. The van der Waals surface area contributed by atoms with Gasteiger partial charge in [-0.2, -0.15) is 0 Å². The quantitative estimate of drug-likeness (QED) is 0.206. The number of nitrogens with zero attached hydrogens (tertiary/aromatic N) is 1. The smallest absolute Gasteiger partial charge is 0.119 e. The lowest BCUT2D eigenvalue weighted by Crippen LogP contribution is -2.01. The molecule has 3 rings (SSSR count). The largest absolute Gasteiger partial charge is 0.494 e. The summed E-state index contributed by atoms with van der Waals surface area (Å²) in [5.74, 6) is 2.47. The summed E-state index contributed by atoms with van der Waals surface area (Å²) in [6, 6.07) is 21.6. The SMILES string of the molecule is CCCCCCCOc1ccc(-c2ccc(-c3ccc(CC(C)CCCC(C)C)cn3)cc2)cc1. The van der Waals surface area contributed by atoms with Crippen LogP contribution in [0.15, 0.2) is 66.9 Å². The van der Waals surface area contributed by atoms with Gasteiger partial charge in [-0.3, -0.25) is 4.98 Å². The summed E-state index contributed by atoms with van der Waals surface area (Å²) in [4.78, 5) is 4.76. The number of benzene rings is 2. The zero-order chi connectivity index (χ0) is 24.9. The Bertz CT molecular complexity index is 957. The molecule has 0 bridgehead atoms. The Balaban J connectivity index is 1.49. The van der Waals surface area contributed by atoms with Crippen molar-refractivity contribution >= 4 is 0 Å². The predicted octanol–water partition coefficient (Wildman–Crippen LogP) is 9.77. The first-order valence-corrected chi connectivity index (χ1v) is 13.8.